The van der Waals surface area contributed by atoms with Crippen molar-refractivity contribution < 1.29 is 14.6 Å². The molecule has 0 saturated carbocycles. The molecule has 5 heteroatoms. The largest absolute Gasteiger partial charge is 0.507 e. The van der Waals surface area contributed by atoms with E-state index in [1.165, 1.54) is 0 Å². The number of phenolic OH excluding ortho intramolecular Hbond substituents is 1. The quantitative estimate of drug-likeness (QED) is 0.695. The van der Waals surface area contributed by atoms with Gasteiger partial charge in [0.15, 0.2) is 0 Å². The number of methoxy groups -OCH3 is 1. The summed E-state index contributed by atoms with van der Waals surface area (Å²) in [5.41, 5.74) is 3.17. The number of benzene rings is 2. The van der Waals surface area contributed by atoms with Gasteiger partial charge in [-0.1, -0.05) is 32.0 Å². The third-order valence-corrected chi connectivity index (χ3v) is 3.86. The number of H-pyrrole nitrogens is 1. The van der Waals surface area contributed by atoms with Gasteiger partial charge in [-0.25, -0.2) is 0 Å². The minimum Gasteiger partial charge on any atom is -0.507 e. The van der Waals surface area contributed by atoms with Crippen molar-refractivity contribution in [2.75, 3.05) is 13.7 Å². The molecule has 3 rings (SSSR count). The molecule has 0 saturated heterocycles. The smallest absolute Gasteiger partial charge is 0.128 e. The zero-order chi connectivity index (χ0) is 17.8. The molecule has 0 spiro atoms. The van der Waals surface area contributed by atoms with E-state index in [4.69, 9.17) is 9.47 Å². The third kappa shape index (κ3) is 3.60. The second-order valence-electron chi connectivity index (χ2n) is 6.24. The molecular weight excluding hydrogens is 316 g/mol. The van der Waals surface area contributed by atoms with Crippen molar-refractivity contribution in [3.63, 3.8) is 0 Å². The lowest BCUT2D eigenvalue weighted by molar-refractivity contribution is 0.270. The average Bonchev–Trinajstić information content (AvgIpc) is 3.09. The molecule has 0 bridgehead atoms. The second-order valence-corrected chi connectivity index (χ2v) is 6.24. The van der Waals surface area contributed by atoms with Crippen LogP contribution in [-0.2, 0) is 0 Å². The Balaban J connectivity index is 1.97. The van der Waals surface area contributed by atoms with E-state index in [2.05, 4.69) is 24.0 Å². The Labute approximate surface area is 147 Å². The predicted molar refractivity (Wildman–Crippen MR) is 98.0 cm³/mol. The lowest BCUT2D eigenvalue weighted by Crippen LogP contribution is -2.04. The van der Waals surface area contributed by atoms with E-state index in [1.54, 1.807) is 19.4 Å². The number of hydrogen-bond acceptors (Lipinski definition) is 4. The molecule has 2 N–H and O–H groups in total. The first-order valence-corrected chi connectivity index (χ1v) is 8.23. The summed E-state index contributed by atoms with van der Waals surface area (Å²) in [6.07, 6.45) is 1.73. The summed E-state index contributed by atoms with van der Waals surface area (Å²) >= 11 is 0. The van der Waals surface area contributed by atoms with E-state index in [9.17, 15) is 5.11 Å². The number of para-hydroxylation sites is 1. The summed E-state index contributed by atoms with van der Waals surface area (Å²) in [6.45, 7) is 4.77. The maximum Gasteiger partial charge on any atom is 0.128 e. The highest BCUT2D eigenvalue weighted by Crippen LogP contribution is 2.39. The predicted octanol–water partition coefficient (Wildman–Crippen LogP) is 4.49. The molecule has 130 valence electrons. The van der Waals surface area contributed by atoms with Gasteiger partial charge in [-0.05, 0) is 24.1 Å². The van der Waals surface area contributed by atoms with E-state index in [0.717, 1.165) is 22.6 Å². The summed E-state index contributed by atoms with van der Waals surface area (Å²) in [6, 6.07) is 13.0. The lowest BCUT2D eigenvalue weighted by atomic mass is 10.0. The van der Waals surface area contributed by atoms with Crippen molar-refractivity contribution in [2.24, 2.45) is 5.92 Å². The fraction of sp³-hybridized carbons (Fsp3) is 0.250. The van der Waals surface area contributed by atoms with Crippen LogP contribution in [-0.4, -0.2) is 29.0 Å². The molecule has 5 nitrogen and oxygen atoms in total. The van der Waals surface area contributed by atoms with E-state index in [0.29, 0.717) is 23.8 Å². The number of rotatable bonds is 6. The molecule has 0 aliphatic carbocycles. The number of hydrogen-bond donors (Lipinski definition) is 2. The van der Waals surface area contributed by atoms with Crippen molar-refractivity contribution in [1.29, 1.82) is 0 Å². The molecule has 2 aromatic carbocycles. The summed E-state index contributed by atoms with van der Waals surface area (Å²) in [7, 11) is 1.64. The number of aromatic nitrogens is 2. The van der Waals surface area contributed by atoms with Gasteiger partial charge in [-0.3, -0.25) is 5.10 Å². The fourth-order valence-corrected chi connectivity index (χ4v) is 2.64. The molecule has 0 aliphatic rings. The van der Waals surface area contributed by atoms with E-state index >= 15 is 0 Å². The first-order chi connectivity index (χ1) is 12.1. The Hall–Kier alpha value is -2.95. The topological polar surface area (TPSA) is 67.4 Å². The molecule has 3 aromatic rings. The van der Waals surface area contributed by atoms with Gasteiger partial charge in [0.1, 0.15) is 17.2 Å². The molecule has 0 aliphatic heterocycles. The molecule has 0 radical (unpaired) electrons. The second kappa shape index (κ2) is 7.30. The Morgan fingerprint density at radius 1 is 1.08 bits per heavy atom. The molecular formula is C20H22N2O3. The van der Waals surface area contributed by atoms with Gasteiger partial charge in [-0.15, -0.1) is 0 Å². The molecule has 0 amide bonds. The van der Waals surface area contributed by atoms with Crippen molar-refractivity contribution in [3.05, 3.63) is 48.7 Å². The van der Waals surface area contributed by atoms with Gasteiger partial charge in [0.2, 0.25) is 0 Å². The van der Waals surface area contributed by atoms with Crippen molar-refractivity contribution in [2.45, 2.75) is 13.8 Å². The zero-order valence-corrected chi connectivity index (χ0v) is 14.6. The highest BCUT2D eigenvalue weighted by atomic mass is 16.5. The zero-order valence-electron chi connectivity index (χ0n) is 14.6. The molecule has 0 unspecified atom stereocenters. The summed E-state index contributed by atoms with van der Waals surface area (Å²) in [5, 5.41) is 17.6. The van der Waals surface area contributed by atoms with Gasteiger partial charge < -0.3 is 14.6 Å². The number of aromatic hydroxyl groups is 1. The van der Waals surface area contributed by atoms with E-state index in [1.807, 2.05) is 36.4 Å². The maximum absolute atomic E-state index is 10.5. The van der Waals surface area contributed by atoms with Crippen LogP contribution in [0.15, 0.2) is 48.7 Å². The fourth-order valence-electron chi connectivity index (χ4n) is 2.64. The van der Waals surface area contributed by atoms with Crippen LogP contribution in [0.3, 0.4) is 0 Å². The maximum atomic E-state index is 10.5. The number of aromatic amines is 1. The molecule has 25 heavy (non-hydrogen) atoms. The Kier molecular flexibility index (Phi) is 4.93. The summed E-state index contributed by atoms with van der Waals surface area (Å²) < 4.78 is 11.1. The lowest BCUT2D eigenvalue weighted by Gasteiger charge is -2.12. The highest BCUT2D eigenvalue weighted by Gasteiger charge is 2.16. The van der Waals surface area contributed by atoms with Crippen LogP contribution >= 0.6 is 0 Å². The molecule has 1 heterocycles. The van der Waals surface area contributed by atoms with Crippen LogP contribution in [0.2, 0.25) is 0 Å². The van der Waals surface area contributed by atoms with Gasteiger partial charge in [-0.2, -0.15) is 5.10 Å². The third-order valence-electron chi connectivity index (χ3n) is 3.86. The number of phenols is 1. The van der Waals surface area contributed by atoms with Crippen LogP contribution in [0.4, 0.5) is 0 Å². The van der Waals surface area contributed by atoms with Crippen LogP contribution in [0.5, 0.6) is 17.2 Å². The monoisotopic (exact) mass is 338 g/mol. The van der Waals surface area contributed by atoms with Crippen LogP contribution in [0.25, 0.3) is 22.4 Å². The van der Waals surface area contributed by atoms with Crippen molar-refractivity contribution >= 4 is 0 Å². The number of nitrogens with one attached hydrogen (secondary N) is 1. The Morgan fingerprint density at radius 2 is 1.88 bits per heavy atom. The first-order valence-electron chi connectivity index (χ1n) is 8.23. The van der Waals surface area contributed by atoms with Gasteiger partial charge in [0, 0.05) is 22.8 Å². The van der Waals surface area contributed by atoms with Crippen molar-refractivity contribution in [3.8, 4) is 39.6 Å². The standard InChI is InChI=1S/C20H22N2O3/c1-13(2)12-25-14-8-9-16(18(23)10-14)20-17(11-21-22-20)15-6-4-5-7-19(15)24-3/h4-11,13,23H,12H2,1-3H3,(H,21,22). The van der Waals surface area contributed by atoms with Crippen LogP contribution in [0.1, 0.15) is 13.8 Å². The summed E-state index contributed by atoms with van der Waals surface area (Å²) in [4.78, 5) is 0. The van der Waals surface area contributed by atoms with Gasteiger partial charge in [0.05, 0.1) is 25.6 Å². The van der Waals surface area contributed by atoms with E-state index in [-0.39, 0.29) is 5.75 Å². The highest BCUT2D eigenvalue weighted by molar-refractivity contribution is 5.85. The Bertz CT molecular complexity index is 856. The normalized spacial score (nSPS) is 10.9. The van der Waals surface area contributed by atoms with E-state index < -0.39 is 0 Å². The minimum absolute atomic E-state index is 0.140. The van der Waals surface area contributed by atoms with Crippen LogP contribution < -0.4 is 9.47 Å². The molecule has 0 fully saturated rings. The first kappa shape index (κ1) is 16.9. The number of ether oxygens (including phenoxy) is 2. The average molecular weight is 338 g/mol. The number of nitrogens with zero attached hydrogens (tertiary/aromatic N) is 1. The summed E-state index contributed by atoms with van der Waals surface area (Å²) in [5.74, 6) is 1.96. The Morgan fingerprint density at radius 3 is 2.60 bits per heavy atom. The molecule has 0 atom stereocenters. The molecule has 1 aromatic heterocycles. The SMILES string of the molecule is COc1ccccc1-c1cn[nH]c1-c1ccc(OCC(C)C)cc1O. The minimum atomic E-state index is 0.140. The van der Waals surface area contributed by atoms with Crippen LogP contribution in [0, 0.1) is 5.92 Å². The van der Waals surface area contributed by atoms with Gasteiger partial charge in [0.25, 0.3) is 0 Å². The van der Waals surface area contributed by atoms with Gasteiger partial charge >= 0.3 is 0 Å². The van der Waals surface area contributed by atoms with Crippen molar-refractivity contribution in [1.82, 2.24) is 10.2 Å².